The van der Waals surface area contributed by atoms with Gasteiger partial charge in [-0.25, -0.2) is 4.39 Å². The Labute approximate surface area is 117 Å². The highest BCUT2D eigenvalue weighted by atomic mass is 35.5. The zero-order chi connectivity index (χ0) is 13.0. The van der Waals surface area contributed by atoms with E-state index in [4.69, 9.17) is 10.5 Å². The second-order valence-electron chi connectivity index (χ2n) is 4.51. The van der Waals surface area contributed by atoms with E-state index in [1.54, 1.807) is 0 Å². The van der Waals surface area contributed by atoms with Gasteiger partial charge in [-0.15, -0.1) is 12.4 Å². The molecule has 1 heterocycles. The van der Waals surface area contributed by atoms with Gasteiger partial charge in [-0.3, -0.25) is 4.79 Å². The van der Waals surface area contributed by atoms with Gasteiger partial charge in [0.2, 0.25) is 0 Å². The van der Waals surface area contributed by atoms with Gasteiger partial charge < -0.3 is 15.8 Å². The lowest BCUT2D eigenvalue weighted by atomic mass is 9.99. The van der Waals surface area contributed by atoms with E-state index in [1.807, 2.05) is 0 Å². The average Bonchev–Trinajstić information content (AvgIpc) is 2.38. The van der Waals surface area contributed by atoms with E-state index in [0.29, 0.717) is 18.3 Å². The Bertz CT molecular complexity index is 437. The molecule has 0 unspecified atom stereocenters. The molecule has 0 radical (unpaired) electrons. The van der Waals surface area contributed by atoms with E-state index < -0.39 is 11.7 Å². The van der Waals surface area contributed by atoms with E-state index in [0.717, 1.165) is 32.0 Å². The molecule has 1 fully saturated rings. The number of piperidine rings is 1. The van der Waals surface area contributed by atoms with Gasteiger partial charge in [0, 0.05) is 0 Å². The van der Waals surface area contributed by atoms with Crippen LogP contribution in [0.25, 0.3) is 0 Å². The first kappa shape index (κ1) is 15.7. The predicted molar refractivity (Wildman–Crippen MR) is 73.3 cm³/mol. The number of ether oxygens (including phenoxy) is 1. The minimum absolute atomic E-state index is 0. The molecule has 3 N–H and O–H groups in total. The Hall–Kier alpha value is -1.33. The highest BCUT2D eigenvalue weighted by Gasteiger charge is 2.16. The van der Waals surface area contributed by atoms with Gasteiger partial charge >= 0.3 is 0 Å². The van der Waals surface area contributed by atoms with Crippen LogP contribution in [0.5, 0.6) is 5.75 Å². The molecule has 19 heavy (non-hydrogen) atoms. The van der Waals surface area contributed by atoms with Crippen LogP contribution >= 0.6 is 12.4 Å². The van der Waals surface area contributed by atoms with Crippen LogP contribution in [-0.4, -0.2) is 25.6 Å². The lowest BCUT2D eigenvalue weighted by Gasteiger charge is -2.23. The van der Waals surface area contributed by atoms with Crippen molar-refractivity contribution in [3.05, 3.63) is 29.6 Å². The first-order chi connectivity index (χ1) is 8.66. The molecule has 2 rings (SSSR count). The summed E-state index contributed by atoms with van der Waals surface area (Å²) in [4.78, 5) is 11.2. The van der Waals surface area contributed by atoms with Crippen LogP contribution in [0, 0.1) is 11.7 Å². The zero-order valence-corrected chi connectivity index (χ0v) is 11.3. The quantitative estimate of drug-likeness (QED) is 0.887. The lowest BCUT2D eigenvalue weighted by molar-refractivity contribution is 0.0994. The smallest absolute Gasteiger partial charge is 0.252 e. The third kappa shape index (κ3) is 4.36. The molecule has 4 nitrogen and oxygen atoms in total. The third-order valence-electron chi connectivity index (χ3n) is 3.14. The standard InChI is InChI=1S/C13H17FN2O2.ClH/c14-10-1-2-12(11(7-10)13(15)17)18-8-9-3-5-16-6-4-9;/h1-2,7,9,16H,3-6,8H2,(H2,15,17);1H. The number of amides is 1. The Balaban J connectivity index is 0.00000180. The second-order valence-corrected chi connectivity index (χ2v) is 4.51. The van der Waals surface area contributed by atoms with E-state index in [9.17, 15) is 9.18 Å². The second kappa shape index (κ2) is 7.31. The van der Waals surface area contributed by atoms with Crippen molar-refractivity contribution in [3.8, 4) is 5.75 Å². The van der Waals surface area contributed by atoms with Gasteiger partial charge in [0.25, 0.3) is 5.91 Å². The SMILES string of the molecule is Cl.NC(=O)c1cc(F)ccc1OCC1CCNCC1. The van der Waals surface area contributed by atoms with Gasteiger partial charge in [-0.2, -0.15) is 0 Å². The third-order valence-corrected chi connectivity index (χ3v) is 3.14. The number of nitrogens with two attached hydrogens (primary N) is 1. The molecule has 1 aliphatic heterocycles. The highest BCUT2D eigenvalue weighted by molar-refractivity contribution is 5.95. The Kier molecular flexibility index (Phi) is 6.05. The summed E-state index contributed by atoms with van der Waals surface area (Å²) in [5.74, 6) is -0.327. The zero-order valence-electron chi connectivity index (χ0n) is 10.5. The molecule has 6 heteroatoms. The first-order valence-electron chi connectivity index (χ1n) is 6.09. The predicted octanol–water partition coefficient (Wildman–Crippen LogP) is 1.72. The summed E-state index contributed by atoms with van der Waals surface area (Å²) in [6, 6.07) is 3.83. The molecular weight excluding hydrogens is 271 g/mol. The number of hydrogen-bond acceptors (Lipinski definition) is 3. The molecule has 0 saturated carbocycles. The van der Waals surface area contributed by atoms with E-state index in [1.165, 1.54) is 12.1 Å². The van der Waals surface area contributed by atoms with Crippen molar-refractivity contribution >= 4 is 18.3 Å². The van der Waals surface area contributed by atoms with Gasteiger partial charge in [-0.05, 0) is 50.0 Å². The molecule has 1 aromatic rings. The minimum atomic E-state index is -0.671. The number of carbonyl (C=O) groups excluding carboxylic acids is 1. The maximum atomic E-state index is 13.0. The van der Waals surface area contributed by atoms with Crippen molar-refractivity contribution in [1.29, 1.82) is 0 Å². The van der Waals surface area contributed by atoms with Crippen molar-refractivity contribution < 1.29 is 13.9 Å². The molecule has 0 spiro atoms. The van der Waals surface area contributed by atoms with Gasteiger partial charge in [-0.1, -0.05) is 0 Å². The molecule has 0 bridgehead atoms. The van der Waals surface area contributed by atoms with Crippen molar-refractivity contribution in [1.82, 2.24) is 5.32 Å². The fourth-order valence-electron chi connectivity index (χ4n) is 2.08. The fourth-order valence-corrected chi connectivity index (χ4v) is 2.08. The molecular formula is C13H18ClFN2O2. The normalized spacial score (nSPS) is 15.6. The number of carbonyl (C=O) groups is 1. The van der Waals surface area contributed by atoms with Crippen molar-refractivity contribution in [2.75, 3.05) is 19.7 Å². The summed E-state index contributed by atoms with van der Waals surface area (Å²) in [6.07, 6.45) is 2.10. The van der Waals surface area contributed by atoms with Crippen LogP contribution < -0.4 is 15.8 Å². The minimum Gasteiger partial charge on any atom is -0.492 e. The summed E-state index contributed by atoms with van der Waals surface area (Å²) in [7, 11) is 0. The van der Waals surface area contributed by atoms with Crippen LogP contribution in [0.4, 0.5) is 4.39 Å². The Morgan fingerprint density at radius 1 is 1.42 bits per heavy atom. The summed E-state index contributed by atoms with van der Waals surface area (Å²) >= 11 is 0. The summed E-state index contributed by atoms with van der Waals surface area (Å²) < 4.78 is 18.6. The van der Waals surface area contributed by atoms with Crippen molar-refractivity contribution in [3.63, 3.8) is 0 Å². The largest absolute Gasteiger partial charge is 0.492 e. The van der Waals surface area contributed by atoms with Gasteiger partial charge in [0.1, 0.15) is 11.6 Å². The van der Waals surface area contributed by atoms with Crippen LogP contribution in [0.1, 0.15) is 23.2 Å². The molecule has 0 atom stereocenters. The first-order valence-corrected chi connectivity index (χ1v) is 6.09. The number of hydrogen-bond donors (Lipinski definition) is 2. The molecule has 1 amide bonds. The number of benzene rings is 1. The number of primary amides is 1. The van der Waals surface area contributed by atoms with Crippen LogP contribution in [0.3, 0.4) is 0 Å². The topological polar surface area (TPSA) is 64.4 Å². The van der Waals surface area contributed by atoms with E-state index in [-0.39, 0.29) is 18.0 Å². The maximum absolute atomic E-state index is 13.0. The molecule has 1 saturated heterocycles. The molecule has 1 aromatic carbocycles. The maximum Gasteiger partial charge on any atom is 0.252 e. The van der Waals surface area contributed by atoms with Gasteiger partial charge in [0.15, 0.2) is 0 Å². The molecule has 0 aliphatic carbocycles. The Morgan fingerprint density at radius 3 is 2.74 bits per heavy atom. The fraction of sp³-hybridized carbons (Fsp3) is 0.462. The number of rotatable bonds is 4. The summed E-state index contributed by atoms with van der Waals surface area (Å²) in [6.45, 7) is 2.51. The highest BCUT2D eigenvalue weighted by Crippen LogP contribution is 2.21. The Morgan fingerprint density at radius 2 is 2.11 bits per heavy atom. The van der Waals surface area contributed by atoms with Crippen LogP contribution in [0.15, 0.2) is 18.2 Å². The molecule has 1 aliphatic rings. The van der Waals surface area contributed by atoms with Gasteiger partial charge in [0.05, 0.1) is 12.2 Å². The van der Waals surface area contributed by atoms with Crippen molar-refractivity contribution in [2.45, 2.75) is 12.8 Å². The van der Waals surface area contributed by atoms with Crippen LogP contribution in [0.2, 0.25) is 0 Å². The lowest BCUT2D eigenvalue weighted by Crippen LogP contribution is -2.30. The van der Waals surface area contributed by atoms with Crippen LogP contribution in [-0.2, 0) is 0 Å². The average molecular weight is 289 g/mol. The molecule has 0 aromatic heterocycles. The summed E-state index contributed by atoms with van der Waals surface area (Å²) in [5.41, 5.74) is 5.30. The van der Waals surface area contributed by atoms with E-state index >= 15 is 0 Å². The van der Waals surface area contributed by atoms with E-state index in [2.05, 4.69) is 5.32 Å². The summed E-state index contributed by atoms with van der Waals surface area (Å²) in [5, 5.41) is 3.27. The molecule has 106 valence electrons. The van der Waals surface area contributed by atoms with Crippen molar-refractivity contribution in [2.24, 2.45) is 11.7 Å². The number of nitrogens with one attached hydrogen (secondary N) is 1. The number of halogens is 2. The monoisotopic (exact) mass is 288 g/mol.